The first-order chi connectivity index (χ1) is 16.2. The van der Waals surface area contributed by atoms with E-state index in [0.717, 1.165) is 12.1 Å². The van der Waals surface area contributed by atoms with Gasteiger partial charge in [-0.15, -0.1) is 0 Å². The SMILES string of the molecule is O=C(Nc1cc(C(F)(F)F)ccc1N1CCOCC1)[C@@H]1CCCN(C(=O)c2ccc(Cl)cc2)C1. The third-order valence-corrected chi connectivity index (χ3v) is 6.36. The maximum Gasteiger partial charge on any atom is 0.416 e. The number of nitrogens with one attached hydrogen (secondary N) is 1. The van der Waals surface area contributed by atoms with Gasteiger partial charge >= 0.3 is 6.18 Å². The predicted octanol–water partition coefficient (Wildman–Crippen LogP) is 4.69. The second kappa shape index (κ2) is 10.2. The monoisotopic (exact) mass is 495 g/mol. The molecule has 0 radical (unpaired) electrons. The van der Waals surface area contributed by atoms with E-state index in [9.17, 15) is 22.8 Å². The molecular weight excluding hydrogens is 471 g/mol. The molecule has 2 fully saturated rings. The van der Waals surface area contributed by atoms with Gasteiger partial charge in [-0.25, -0.2) is 0 Å². The second-order valence-electron chi connectivity index (χ2n) is 8.42. The summed E-state index contributed by atoms with van der Waals surface area (Å²) in [6, 6.07) is 9.90. The topological polar surface area (TPSA) is 61.9 Å². The molecular formula is C24H25ClF3N3O3. The van der Waals surface area contributed by atoms with Crippen molar-refractivity contribution in [3.63, 3.8) is 0 Å². The first kappa shape index (κ1) is 24.3. The molecule has 2 aromatic carbocycles. The van der Waals surface area contributed by atoms with E-state index in [0.29, 0.717) is 62.0 Å². The summed E-state index contributed by atoms with van der Waals surface area (Å²) in [4.78, 5) is 29.5. The Hall–Kier alpha value is -2.78. The lowest BCUT2D eigenvalue weighted by Crippen LogP contribution is -2.44. The van der Waals surface area contributed by atoms with E-state index in [1.807, 2.05) is 4.90 Å². The first-order valence-corrected chi connectivity index (χ1v) is 11.5. The van der Waals surface area contributed by atoms with Gasteiger partial charge in [0.1, 0.15) is 0 Å². The van der Waals surface area contributed by atoms with Crippen molar-refractivity contribution in [1.29, 1.82) is 0 Å². The van der Waals surface area contributed by atoms with Crippen molar-refractivity contribution in [3.05, 3.63) is 58.6 Å². The van der Waals surface area contributed by atoms with E-state index in [4.69, 9.17) is 16.3 Å². The van der Waals surface area contributed by atoms with Crippen LogP contribution in [0.5, 0.6) is 0 Å². The van der Waals surface area contributed by atoms with Gasteiger partial charge in [0.2, 0.25) is 5.91 Å². The van der Waals surface area contributed by atoms with E-state index in [2.05, 4.69) is 5.32 Å². The Balaban J connectivity index is 1.51. The number of piperidine rings is 1. The molecule has 2 amide bonds. The zero-order chi connectivity index (χ0) is 24.3. The summed E-state index contributed by atoms with van der Waals surface area (Å²) in [5, 5.41) is 3.24. The average Bonchev–Trinajstić information content (AvgIpc) is 2.84. The van der Waals surface area contributed by atoms with Crippen molar-refractivity contribution in [1.82, 2.24) is 4.90 Å². The number of benzene rings is 2. The summed E-state index contributed by atoms with van der Waals surface area (Å²) in [5.41, 5.74) is 0.276. The number of nitrogens with zero attached hydrogens (tertiary/aromatic N) is 2. The third kappa shape index (κ3) is 5.64. The van der Waals surface area contributed by atoms with E-state index in [1.165, 1.54) is 6.07 Å². The number of morpholine rings is 1. The van der Waals surface area contributed by atoms with Gasteiger partial charge in [0, 0.05) is 36.8 Å². The first-order valence-electron chi connectivity index (χ1n) is 11.1. The minimum Gasteiger partial charge on any atom is -0.378 e. The van der Waals surface area contributed by atoms with E-state index >= 15 is 0 Å². The fourth-order valence-corrected chi connectivity index (χ4v) is 4.40. The predicted molar refractivity (Wildman–Crippen MR) is 123 cm³/mol. The number of likely N-dealkylation sites (tertiary alicyclic amines) is 1. The third-order valence-electron chi connectivity index (χ3n) is 6.10. The van der Waals surface area contributed by atoms with Crippen molar-refractivity contribution in [2.75, 3.05) is 49.6 Å². The number of ether oxygens (including phenoxy) is 1. The van der Waals surface area contributed by atoms with Gasteiger partial charge in [-0.2, -0.15) is 13.2 Å². The molecule has 1 atom stereocenters. The number of anilines is 2. The van der Waals surface area contributed by atoms with E-state index in [-0.39, 0.29) is 18.1 Å². The maximum atomic E-state index is 13.4. The quantitative estimate of drug-likeness (QED) is 0.668. The van der Waals surface area contributed by atoms with Gasteiger partial charge in [0.25, 0.3) is 5.91 Å². The largest absolute Gasteiger partial charge is 0.416 e. The van der Waals surface area contributed by atoms with Crippen LogP contribution < -0.4 is 10.2 Å². The average molecular weight is 496 g/mol. The fourth-order valence-electron chi connectivity index (χ4n) is 4.28. The molecule has 182 valence electrons. The van der Waals surface area contributed by atoms with Crippen molar-refractivity contribution in [3.8, 4) is 0 Å². The van der Waals surface area contributed by atoms with Gasteiger partial charge in [-0.1, -0.05) is 11.6 Å². The van der Waals surface area contributed by atoms with Crippen LogP contribution in [-0.2, 0) is 15.7 Å². The Labute approximate surface area is 200 Å². The van der Waals surface area contributed by atoms with Crippen LogP contribution in [0.25, 0.3) is 0 Å². The van der Waals surface area contributed by atoms with Gasteiger partial charge < -0.3 is 19.9 Å². The summed E-state index contributed by atoms with van der Waals surface area (Å²) in [6.45, 7) is 2.65. The van der Waals surface area contributed by atoms with Gasteiger partial charge in [-0.05, 0) is 55.3 Å². The molecule has 6 nitrogen and oxygen atoms in total. The number of carbonyl (C=O) groups excluding carboxylic acids is 2. The van der Waals surface area contributed by atoms with Gasteiger partial charge in [-0.3, -0.25) is 9.59 Å². The number of rotatable bonds is 4. The van der Waals surface area contributed by atoms with Gasteiger partial charge in [0.05, 0.1) is 36.1 Å². The molecule has 0 unspecified atom stereocenters. The Morgan fingerprint density at radius 1 is 1.03 bits per heavy atom. The Morgan fingerprint density at radius 2 is 1.74 bits per heavy atom. The van der Waals surface area contributed by atoms with Gasteiger partial charge in [0.15, 0.2) is 0 Å². The molecule has 2 aliphatic heterocycles. The molecule has 0 aliphatic carbocycles. The number of hydrogen-bond donors (Lipinski definition) is 1. The van der Waals surface area contributed by atoms with Crippen LogP contribution in [0.1, 0.15) is 28.8 Å². The molecule has 0 aromatic heterocycles. The van der Waals surface area contributed by atoms with Crippen molar-refractivity contribution < 1.29 is 27.5 Å². The van der Waals surface area contributed by atoms with Crippen LogP contribution in [0.4, 0.5) is 24.5 Å². The molecule has 0 spiro atoms. The van der Waals surface area contributed by atoms with E-state index in [1.54, 1.807) is 29.2 Å². The lowest BCUT2D eigenvalue weighted by Gasteiger charge is -2.33. The molecule has 2 heterocycles. The van der Waals surface area contributed by atoms with E-state index < -0.39 is 23.6 Å². The summed E-state index contributed by atoms with van der Waals surface area (Å²) in [7, 11) is 0. The molecule has 1 N–H and O–H groups in total. The van der Waals surface area contributed by atoms with Crippen LogP contribution in [0, 0.1) is 5.92 Å². The molecule has 34 heavy (non-hydrogen) atoms. The highest BCUT2D eigenvalue weighted by molar-refractivity contribution is 6.30. The number of halogens is 4. The highest BCUT2D eigenvalue weighted by atomic mass is 35.5. The lowest BCUT2D eigenvalue weighted by atomic mass is 9.96. The molecule has 0 saturated carbocycles. The summed E-state index contributed by atoms with van der Waals surface area (Å²) >= 11 is 5.89. The summed E-state index contributed by atoms with van der Waals surface area (Å²) in [5.74, 6) is -1.14. The summed E-state index contributed by atoms with van der Waals surface area (Å²) in [6.07, 6.45) is -3.37. The second-order valence-corrected chi connectivity index (χ2v) is 8.85. The zero-order valence-electron chi connectivity index (χ0n) is 18.4. The summed E-state index contributed by atoms with van der Waals surface area (Å²) < 4.78 is 45.4. The van der Waals surface area contributed by atoms with Crippen molar-refractivity contribution in [2.24, 2.45) is 5.92 Å². The Morgan fingerprint density at radius 3 is 2.41 bits per heavy atom. The molecule has 10 heteroatoms. The minimum absolute atomic E-state index is 0.114. The molecule has 4 rings (SSSR count). The molecule has 2 aromatic rings. The fraction of sp³-hybridized carbons (Fsp3) is 0.417. The molecule has 2 saturated heterocycles. The smallest absolute Gasteiger partial charge is 0.378 e. The Bertz CT molecular complexity index is 1040. The zero-order valence-corrected chi connectivity index (χ0v) is 19.2. The highest BCUT2D eigenvalue weighted by Crippen LogP contribution is 2.36. The lowest BCUT2D eigenvalue weighted by molar-refractivity contribution is -0.137. The van der Waals surface area contributed by atoms with Crippen LogP contribution in [0.15, 0.2) is 42.5 Å². The van der Waals surface area contributed by atoms with Crippen LogP contribution >= 0.6 is 11.6 Å². The number of alkyl halides is 3. The van der Waals surface area contributed by atoms with Crippen LogP contribution in [0.3, 0.4) is 0 Å². The minimum atomic E-state index is -4.53. The van der Waals surface area contributed by atoms with Crippen molar-refractivity contribution >= 4 is 34.8 Å². The van der Waals surface area contributed by atoms with Crippen LogP contribution in [-0.4, -0.2) is 56.1 Å². The highest BCUT2D eigenvalue weighted by Gasteiger charge is 2.33. The normalized spacial score (nSPS) is 19.1. The Kier molecular flexibility index (Phi) is 7.33. The van der Waals surface area contributed by atoms with Crippen LogP contribution in [0.2, 0.25) is 5.02 Å². The number of amides is 2. The number of carbonyl (C=O) groups is 2. The standard InChI is InChI=1S/C24H25ClF3N3O3/c25-19-6-3-16(4-7-19)23(33)31-9-1-2-17(15-31)22(32)29-20-14-18(24(26,27)28)5-8-21(20)30-10-12-34-13-11-30/h3-8,14,17H,1-2,9-13,15H2,(H,29,32)/t17-/m1/s1. The maximum absolute atomic E-state index is 13.4. The molecule has 0 bridgehead atoms. The molecule has 2 aliphatic rings. The van der Waals surface area contributed by atoms with Crippen molar-refractivity contribution in [2.45, 2.75) is 19.0 Å². The number of hydrogen-bond acceptors (Lipinski definition) is 4.